The van der Waals surface area contributed by atoms with Crippen molar-refractivity contribution in [1.82, 2.24) is 0 Å². The van der Waals surface area contributed by atoms with Gasteiger partial charge in [-0.15, -0.1) is 0 Å². The summed E-state index contributed by atoms with van der Waals surface area (Å²) in [6.07, 6.45) is 11.9. The molecular formula is C12H22OS. The standard InChI is InChI=1S/C12H22OS/c13-11-9-7-5-3-1-2-4-6-8-10-12(11)14/h12,14H,1-10H2. The number of ketones is 1. The van der Waals surface area contributed by atoms with Gasteiger partial charge in [0, 0.05) is 6.42 Å². The first kappa shape index (κ1) is 12.1. The van der Waals surface area contributed by atoms with Gasteiger partial charge in [0.05, 0.1) is 5.25 Å². The lowest BCUT2D eigenvalue weighted by molar-refractivity contribution is -0.118. The predicted molar refractivity (Wildman–Crippen MR) is 64.0 cm³/mol. The van der Waals surface area contributed by atoms with E-state index in [-0.39, 0.29) is 5.25 Å². The Bertz CT molecular complexity index is 168. The van der Waals surface area contributed by atoms with Gasteiger partial charge >= 0.3 is 0 Å². The van der Waals surface area contributed by atoms with Gasteiger partial charge in [0.2, 0.25) is 0 Å². The number of carbonyl (C=O) groups is 1. The quantitative estimate of drug-likeness (QED) is 0.607. The molecule has 1 aliphatic carbocycles. The summed E-state index contributed by atoms with van der Waals surface area (Å²) in [7, 11) is 0. The molecule has 0 aromatic heterocycles. The molecule has 0 amide bonds. The highest BCUT2D eigenvalue weighted by molar-refractivity contribution is 7.81. The molecule has 0 spiro atoms. The van der Waals surface area contributed by atoms with Crippen LogP contribution in [0.1, 0.15) is 64.2 Å². The van der Waals surface area contributed by atoms with Crippen molar-refractivity contribution in [3.8, 4) is 0 Å². The van der Waals surface area contributed by atoms with Crippen LogP contribution in [0.3, 0.4) is 0 Å². The van der Waals surface area contributed by atoms with Gasteiger partial charge in [-0.05, 0) is 12.8 Å². The van der Waals surface area contributed by atoms with Crippen LogP contribution < -0.4 is 0 Å². The third-order valence-corrected chi connectivity index (χ3v) is 3.57. The molecule has 0 N–H and O–H groups in total. The Morgan fingerprint density at radius 3 is 2.00 bits per heavy atom. The normalized spacial score (nSPS) is 27.8. The summed E-state index contributed by atoms with van der Waals surface area (Å²) in [5, 5.41) is 0.0226. The lowest BCUT2D eigenvalue weighted by atomic mass is 10.0. The van der Waals surface area contributed by atoms with Crippen LogP contribution in [0.4, 0.5) is 0 Å². The maximum absolute atomic E-state index is 11.6. The van der Waals surface area contributed by atoms with Crippen LogP contribution in [0.25, 0.3) is 0 Å². The Hall–Kier alpha value is 0.0200. The number of thiol groups is 1. The topological polar surface area (TPSA) is 17.1 Å². The second kappa shape index (κ2) is 7.33. The second-order valence-corrected chi connectivity index (χ2v) is 4.97. The predicted octanol–water partition coefficient (Wildman–Crippen LogP) is 3.77. The number of hydrogen-bond acceptors (Lipinski definition) is 2. The molecule has 1 atom stereocenters. The molecule has 1 aliphatic rings. The van der Waals surface area contributed by atoms with Gasteiger partial charge in [-0.1, -0.05) is 44.9 Å². The Kier molecular flexibility index (Phi) is 6.33. The zero-order chi connectivity index (χ0) is 10.2. The molecule has 0 aliphatic heterocycles. The molecule has 0 radical (unpaired) electrons. The van der Waals surface area contributed by atoms with Crippen molar-refractivity contribution >= 4 is 18.4 Å². The average molecular weight is 214 g/mol. The lowest BCUT2D eigenvalue weighted by Gasteiger charge is -2.11. The molecule has 14 heavy (non-hydrogen) atoms. The van der Waals surface area contributed by atoms with E-state index in [4.69, 9.17) is 0 Å². The molecule has 82 valence electrons. The van der Waals surface area contributed by atoms with Crippen molar-refractivity contribution in [1.29, 1.82) is 0 Å². The molecule has 0 heterocycles. The summed E-state index contributed by atoms with van der Waals surface area (Å²) in [5.41, 5.74) is 0. The molecule has 0 aromatic rings. The van der Waals surface area contributed by atoms with E-state index in [1.165, 1.54) is 44.9 Å². The molecule has 0 bridgehead atoms. The van der Waals surface area contributed by atoms with Crippen molar-refractivity contribution in [2.45, 2.75) is 69.5 Å². The van der Waals surface area contributed by atoms with E-state index in [0.29, 0.717) is 5.78 Å². The third-order valence-electron chi connectivity index (χ3n) is 3.02. The van der Waals surface area contributed by atoms with Crippen LogP contribution in [0, 0.1) is 0 Å². The molecule has 1 rings (SSSR count). The fourth-order valence-electron chi connectivity index (χ4n) is 2.03. The van der Waals surface area contributed by atoms with Gasteiger partial charge in [0.1, 0.15) is 5.78 Å². The van der Waals surface area contributed by atoms with Gasteiger partial charge < -0.3 is 0 Å². The zero-order valence-electron chi connectivity index (χ0n) is 9.00. The van der Waals surface area contributed by atoms with Crippen molar-refractivity contribution < 1.29 is 4.79 Å². The van der Waals surface area contributed by atoms with Crippen LogP contribution in [0.2, 0.25) is 0 Å². The van der Waals surface area contributed by atoms with E-state index in [2.05, 4.69) is 12.6 Å². The van der Waals surface area contributed by atoms with E-state index in [9.17, 15) is 4.79 Å². The summed E-state index contributed by atoms with van der Waals surface area (Å²) in [6.45, 7) is 0. The van der Waals surface area contributed by atoms with E-state index < -0.39 is 0 Å². The van der Waals surface area contributed by atoms with Gasteiger partial charge in [-0.25, -0.2) is 0 Å². The Balaban J connectivity index is 2.27. The summed E-state index contributed by atoms with van der Waals surface area (Å²) < 4.78 is 0. The molecule has 0 aromatic carbocycles. The third kappa shape index (κ3) is 5.04. The Morgan fingerprint density at radius 2 is 1.36 bits per heavy atom. The molecular weight excluding hydrogens is 192 g/mol. The monoisotopic (exact) mass is 214 g/mol. The summed E-state index contributed by atoms with van der Waals surface area (Å²) in [5.74, 6) is 0.369. The minimum absolute atomic E-state index is 0.0226. The number of Topliss-reactive ketones (excluding diaryl/α,β-unsaturated/α-hetero) is 1. The van der Waals surface area contributed by atoms with Crippen molar-refractivity contribution in [2.24, 2.45) is 0 Å². The van der Waals surface area contributed by atoms with Crippen molar-refractivity contribution in [3.63, 3.8) is 0 Å². The fraction of sp³-hybridized carbons (Fsp3) is 0.917. The number of hydrogen-bond donors (Lipinski definition) is 1. The highest BCUT2D eigenvalue weighted by atomic mass is 32.1. The van der Waals surface area contributed by atoms with Crippen molar-refractivity contribution in [2.75, 3.05) is 0 Å². The minimum Gasteiger partial charge on any atom is -0.298 e. The van der Waals surface area contributed by atoms with Gasteiger partial charge in [-0.3, -0.25) is 4.79 Å². The van der Waals surface area contributed by atoms with Crippen LogP contribution in [0.15, 0.2) is 0 Å². The summed E-state index contributed by atoms with van der Waals surface area (Å²) in [4.78, 5) is 11.6. The van der Waals surface area contributed by atoms with E-state index in [1.807, 2.05) is 0 Å². The number of carbonyl (C=O) groups excluding carboxylic acids is 1. The van der Waals surface area contributed by atoms with E-state index >= 15 is 0 Å². The van der Waals surface area contributed by atoms with E-state index in [1.54, 1.807) is 0 Å². The van der Waals surface area contributed by atoms with E-state index in [0.717, 1.165) is 19.3 Å². The summed E-state index contributed by atoms with van der Waals surface area (Å²) >= 11 is 4.37. The molecule has 0 saturated heterocycles. The van der Waals surface area contributed by atoms with Crippen LogP contribution in [-0.2, 0) is 4.79 Å². The van der Waals surface area contributed by atoms with Crippen LogP contribution in [-0.4, -0.2) is 11.0 Å². The first-order valence-corrected chi connectivity index (χ1v) is 6.53. The van der Waals surface area contributed by atoms with Crippen LogP contribution >= 0.6 is 12.6 Å². The molecule has 1 fully saturated rings. The molecule has 1 unspecified atom stereocenters. The Morgan fingerprint density at radius 1 is 0.857 bits per heavy atom. The van der Waals surface area contributed by atoms with Crippen molar-refractivity contribution in [3.05, 3.63) is 0 Å². The lowest BCUT2D eigenvalue weighted by Crippen LogP contribution is -2.14. The van der Waals surface area contributed by atoms with Crippen LogP contribution in [0.5, 0.6) is 0 Å². The fourth-order valence-corrected chi connectivity index (χ4v) is 2.34. The van der Waals surface area contributed by atoms with Gasteiger partial charge in [0.15, 0.2) is 0 Å². The Labute approximate surface area is 93.1 Å². The first-order valence-electron chi connectivity index (χ1n) is 6.01. The highest BCUT2D eigenvalue weighted by Gasteiger charge is 2.13. The molecule has 1 saturated carbocycles. The highest BCUT2D eigenvalue weighted by Crippen LogP contribution is 2.17. The smallest absolute Gasteiger partial charge is 0.145 e. The minimum atomic E-state index is 0.0226. The SMILES string of the molecule is O=C1CCCCCCCCCCC1S. The summed E-state index contributed by atoms with van der Waals surface area (Å²) in [6, 6.07) is 0. The largest absolute Gasteiger partial charge is 0.298 e. The number of rotatable bonds is 0. The van der Waals surface area contributed by atoms with Gasteiger partial charge in [0.25, 0.3) is 0 Å². The average Bonchev–Trinajstić information content (AvgIpc) is 2.18. The molecule has 2 heteroatoms. The second-order valence-electron chi connectivity index (χ2n) is 4.35. The zero-order valence-corrected chi connectivity index (χ0v) is 9.90. The van der Waals surface area contributed by atoms with Gasteiger partial charge in [-0.2, -0.15) is 12.6 Å². The molecule has 1 nitrogen and oxygen atoms in total. The maximum Gasteiger partial charge on any atom is 0.145 e. The first-order chi connectivity index (χ1) is 6.80. The maximum atomic E-state index is 11.6.